The van der Waals surface area contributed by atoms with Crippen molar-refractivity contribution in [3.8, 4) is 5.75 Å². The average molecular weight is 269 g/mol. The zero-order chi connectivity index (χ0) is 14.4. The van der Waals surface area contributed by atoms with Crippen LogP contribution in [0, 0.1) is 0 Å². The Bertz CT molecular complexity index is 551. The van der Waals surface area contributed by atoms with Gasteiger partial charge in [0.1, 0.15) is 5.75 Å². The number of nitrogens with one attached hydrogen (secondary N) is 1. The van der Waals surface area contributed by atoms with Crippen LogP contribution in [0.25, 0.3) is 0 Å². The van der Waals surface area contributed by atoms with Crippen molar-refractivity contribution in [1.82, 2.24) is 5.32 Å². The van der Waals surface area contributed by atoms with E-state index in [4.69, 9.17) is 4.74 Å². The Labute approximate surface area is 121 Å². The van der Waals surface area contributed by atoms with E-state index in [0.29, 0.717) is 6.04 Å². The maximum Gasteiger partial charge on any atom is 0.119 e. The topological polar surface area (TPSA) is 21.3 Å². The molecule has 0 fully saturated rings. The third kappa shape index (κ3) is 3.61. The van der Waals surface area contributed by atoms with Gasteiger partial charge in [0.05, 0.1) is 7.11 Å². The normalized spacial score (nSPS) is 12.2. The molecule has 0 bridgehead atoms. The highest BCUT2D eigenvalue weighted by atomic mass is 16.5. The third-order valence-corrected chi connectivity index (χ3v) is 3.69. The predicted molar refractivity (Wildman–Crippen MR) is 84.1 cm³/mol. The van der Waals surface area contributed by atoms with E-state index >= 15 is 0 Å². The van der Waals surface area contributed by atoms with Gasteiger partial charge in [0, 0.05) is 12.6 Å². The van der Waals surface area contributed by atoms with Gasteiger partial charge in [0.15, 0.2) is 0 Å². The van der Waals surface area contributed by atoms with Crippen LogP contribution in [0.1, 0.15) is 36.6 Å². The van der Waals surface area contributed by atoms with E-state index < -0.39 is 0 Å². The molecular weight excluding hydrogens is 246 g/mol. The van der Waals surface area contributed by atoms with Gasteiger partial charge in [0.25, 0.3) is 0 Å². The summed E-state index contributed by atoms with van der Waals surface area (Å²) in [6.45, 7) is 5.27. The van der Waals surface area contributed by atoms with Crippen LogP contribution in [0.2, 0.25) is 0 Å². The minimum Gasteiger partial charge on any atom is -0.497 e. The van der Waals surface area contributed by atoms with E-state index in [1.54, 1.807) is 7.11 Å². The Hall–Kier alpha value is -1.80. The largest absolute Gasteiger partial charge is 0.497 e. The van der Waals surface area contributed by atoms with Crippen LogP contribution in [0.3, 0.4) is 0 Å². The molecule has 2 aromatic rings. The average Bonchev–Trinajstić information content (AvgIpc) is 2.52. The fourth-order valence-corrected chi connectivity index (χ4v) is 2.37. The first-order valence-electron chi connectivity index (χ1n) is 7.18. The molecule has 0 amide bonds. The van der Waals surface area contributed by atoms with E-state index in [1.165, 1.54) is 16.7 Å². The molecule has 20 heavy (non-hydrogen) atoms. The monoisotopic (exact) mass is 269 g/mol. The van der Waals surface area contributed by atoms with Crippen molar-refractivity contribution < 1.29 is 4.74 Å². The molecule has 0 radical (unpaired) electrons. The van der Waals surface area contributed by atoms with Crippen LogP contribution in [0.4, 0.5) is 0 Å². The summed E-state index contributed by atoms with van der Waals surface area (Å²) in [6, 6.07) is 17.1. The Balaban J connectivity index is 2.02. The zero-order valence-corrected chi connectivity index (χ0v) is 12.5. The van der Waals surface area contributed by atoms with Crippen LogP contribution >= 0.6 is 0 Å². The van der Waals surface area contributed by atoms with Crippen molar-refractivity contribution in [3.63, 3.8) is 0 Å². The molecule has 0 spiro atoms. The van der Waals surface area contributed by atoms with Crippen molar-refractivity contribution in [1.29, 1.82) is 0 Å². The van der Waals surface area contributed by atoms with Crippen LogP contribution in [0.15, 0.2) is 48.5 Å². The quantitative estimate of drug-likeness (QED) is 0.852. The van der Waals surface area contributed by atoms with Gasteiger partial charge in [-0.15, -0.1) is 0 Å². The molecule has 0 aliphatic heterocycles. The van der Waals surface area contributed by atoms with E-state index in [0.717, 1.165) is 18.7 Å². The molecule has 0 aromatic heterocycles. The molecule has 1 unspecified atom stereocenters. The van der Waals surface area contributed by atoms with E-state index in [9.17, 15) is 0 Å². The first kappa shape index (κ1) is 14.6. The second-order valence-electron chi connectivity index (χ2n) is 5.00. The first-order chi connectivity index (χ1) is 9.74. The predicted octanol–water partition coefficient (Wildman–Crippen LogP) is 4.11. The Morgan fingerprint density at radius 1 is 1.05 bits per heavy atom. The van der Waals surface area contributed by atoms with E-state index in [-0.39, 0.29) is 0 Å². The standard InChI is InChI=1S/C18H23NO/c1-4-15-8-5-6-9-17(15)13-19-14(2)16-10-7-11-18(12-16)20-3/h5-12,14,19H,4,13H2,1-3H3. The summed E-state index contributed by atoms with van der Waals surface area (Å²) in [5.74, 6) is 0.908. The molecule has 106 valence electrons. The summed E-state index contributed by atoms with van der Waals surface area (Å²) in [7, 11) is 1.70. The molecule has 2 nitrogen and oxygen atoms in total. The maximum absolute atomic E-state index is 5.28. The number of methoxy groups -OCH3 is 1. The van der Waals surface area contributed by atoms with Crippen molar-refractivity contribution in [2.75, 3.05) is 7.11 Å². The van der Waals surface area contributed by atoms with Gasteiger partial charge in [-0.25, -0.2) is 0 Å². The summed E-state index contributed by atoms with van der Waals surface area (Å²) in [5.41, 5.74) is 4.04. The number of aryl methyl sites for hydroxylation is 1. The number of hydrogen-bond acceptors (Lipinski definition) is 2. The van der Waals surface area contributed by atoms with Crippen LogP contribution in [0.5, 0.6) is 5.75 Å². The van der Waals surface area contributed by atoms with Gasteiger partial charge < -0.3 is 10.1 Å². The molecule has 0 aliphatic rings. The van der Waals surface area contributed by atoms with Crippen molar-refractivity contribution >= 4 is 0 Å². The van der Waals surface area contributed by atoms with E-state index in [2.05, 4.69) is 55.6 Å². The van der Waals surface area contributed by atoms with Gasteiger partial charge in [-0.05, 0) is 42.2 Å². The van der Waals surface area contributed by atoms with Crippen LogP contribution in [-0.4, -0.2) is 7.11 Å². The van der Waals surface area contributed by atoms with Crippen molar-refractivity contribution in [2.45, 2.75) is 32.9 Å². The second-order valence-corrected chi connectivity index (χ2v) is 5.00. The summed E-state index contributed by atoms with van der Waals surface area (Å²) >= 11 is 0. The molecule has 2 rings (SSSR count). The highest BCUT2D eigenvalue weighted by Crippen LogP contribution is 2.19. The Kier molecular flexibility index (Phi) is 5.19. The lowest BCUT2D eigenvalue weighted by atomic mass is 10.0. The molecule has 2 aromatic carbocycles. The number of ether oxygens (including phenoxy) is 1. The molecule has 2 heteroatoms. The molecule has 1 N–H and O–H groups in total. The van der Waals surface area contributed by atoms with Gasteiger partial charge in [-0.1, -0.05) is 43.3 Å². The third-order valence-electron chi connectivity index (χ3n) is 3.69. The smallest absolute Gasteiger partial charge is 0.119 e. The SMILES string of the molecule is CCc1ccccc1CNC(C)c1cccc(OC)c1. The summed E-state index contributed by atoms with van der Waals surface area (Å²) in [4.78, 5) is 0. The number of benzene rings is 2. The van der Waals surface area contributed by atoms with Crippen molar-refractivity contribution in [2.24, 2.45) is 0 Å². The summed E-state index contributed by atoms with van der Waals surface area (Å²) in [5, 5.41) is 3.59. The summed E-state index contributed by atoms with van der Waals surface area (Å²) < 4.78 is 5.28. The zero-order valence-electron chi connectivity index (χ0n) is 12.5. The highest BCUT2D eigenvalue weighted by molar-refractivity contribution is 5.31. The van der Waals surface area contributed by atoms with Gasteiger partial charge in [0.2, 0.25) is 0 Å². The highest BCUT2D eigenvalue weighted by Gasteiger charge is 2.07. The molecular formula is C18H23NO. The second kappa shape index (κ2) is 7.11. The molecule has 0 aliphatic carbocycles. The lowest BCUT2D eigenvalue weighted by Gasteiger charge is -2.16. The number of hydrogen-bond donors (Lipinski definition) is 1. The summed E-state index contributed by atoms with van der Waals surface area (Å²) in [6.07, 6.45) is 1.07. The lowest BCUT2D eigenvalue weighted by Crippen LogP contribution is -2.18. The molecule has 0 saturated heterocycles. The van der Waals surface area contributed by atoms with E-state index in [1.807, 2.05) is 12.1 Å². The first-order valence-corrected chi connectivity index (χ1v) is 7.18. The maximum atomic E-state index is 5.28. The lowest BCUT2D eigenvalue weighted by molar-refractivity contribution is 0.413. The van der Waals surface area contributed by atoms with Gasteiger partial charge in [-0.2, -0.15) is 0 Å². The van der Waals surface area contributed by atoms with Crippen molar-refractivity contribution in [3.05, 3.63) is 65.2 Å². The van der Waals surface area contributed by atoms with Gasteiger partial charge >= 0.3 is 0 Å². The minimum absolute atomic E-state index is 0.301. The number of rotatable bonds is 6. The fraction of sp³-hybridized carbons (Fsp3) is 0.333. The molecule has 0 heterocycles. The molecule has 0 saturated carbocycles. The molecule has 1 atom stereocenters. The van der Waals surface area contributed by atoms with Crippen LogP contribution in [-0.2, 0) is 13.0 Å². The minimum atomic E-state index is 0.301. The van der Waals surface area contributed by atoms with Crippen LogP contribution < -0.4 is 10.1 Å². The Morgan fingerprint density at radius 2 is 1.80 bits per heavy atom. The fourth-order valence-electron chi connectivity index (χ4n) is 2.37. The van der Waals surface area contributed by atoms with Gasteiger partial charge in [-0.3, -0.25) is 0 Å². The Morgan fingerprint density at radius 3 is 2.50 bits per heavy atom.